The van der Waals surface area contributed by atoms with Crippen LogP contribution in [-0.4, -0.2) is 41.4 Å². The highest BCUT2D eigenvalue weighted by Crippen LogP contribution is 2.18. The lowest BCUT2D eigenvalue weighted by Crippen LogP contribution is -2.35. The predicted molar refractivity (Wildman–Crippen MR) is 81.4 cm³/mol. The molecular formula is C17H22FNO3. The molecule has 120 valence electrons. The second kappa shape index (κ2) is 8.03. The minimum absolute atomic E-state index is 0.188. The summed E-state index contributed by atoms with van der Waals surface area (Å²) in [6, 6.07) is 5.32. The molecule has 1 saturated heterocycles. The maximum atomic E-state index is 13.0. The van der Waals surface area contributed by atoms with Crippen LogP contribution in [0.3, 0.4) is 0 Å². The van der Waals surface area contributed by atoms with Crippen molar-refractivity contribution in [1.82, 2.24) is 4.90 Å². The summed E-state index contributed by atoms with van der Waals surface area (Å²) in [5.74, 6) is -2.18. The molecule has 0 spiro atoms. The molecular weight excluding hydrogens is 285 g/mol. The van der Waals surface area contributed by atoms with Gasteiger partial charge in [-0.3, -0.25) is 9.59 Å². The van der Waals surface area contributed by atoms with Gasteiger partial charge in [0.15, 0.2) is 5.78 Å². The summed E-state index contributed by atoms with van der Waals surface area (Å²) in [4.78, 5) is 25.8. The zero-order chi connectivity index (χ0) is 15.9. The van der Waals surface area contributed by atoms with Gasteiger partial charge in [0.25, 0.3) is 0 Å². The van der Waals surface area contributed by atoms with Gasteiger partial charge in [-0.05, 0) is 50.2 Å². The van der Waals surface area contributed by atoms with Gasteiger partial charge in [0.2, 0.25) is 0 Å². The Morgan fingerprint density at radius 1 is 1.09 bits per heavy atom. The Kier molecular flexibility index (Phi) is 6.07. The van der Waals surface area contributed by atoms with E-state index in [1.807, 2.05) is 0 Å². The number of carbonyl (C=O) groups is 2. The van der Waals surface area contributed by atoms with Crippen LogP contribution in [0.25, 0.3) is 0 Å². The lowest BCUT2D eigenvalue weighted by Gasteiger charge is -2.24. The molecule has 0 amide bonds. The van der Waals surface area contributed by atoms with Crippen molar-refractivity contribution in [2.24, 2.45) is 5.92 Å². The summed E-state index contributed by atoms with van der Waals surface area (Å²) >= 11 is 0. The van der Waals surface area contributed by atoms with E-state index < -0.39 is 17.7 Å². The van der Waals surface area contributed by atoms with Crippen molar-refractivity contribution < 1.29 is 19.1 Å². The molecule has 1 atom stereocenters. The highest BCUT2D eigenvalue weighted by atomic mass is 19.1. The van der Waals surface area contributed by atoms with Crippen LogP contribution in [0, 0.1) is 11.7 Å². The topological polar surface area (TPSA) is 57.6 Å². The van der Waals surface area contributed by atoms with Gasteiger partial charge in [0, 0.05) is 18.0 Å². The minimum Gasteiger partial charge on any atom is -0.481 e. The molecule has 2 rings (SSSR count). The van der Waals surface area contributed by atoms with Gasteiger partial charge in [-0.1, -0.05) is 12.8 Å². The van der Waals surface area contributed by atoms with Crippen molar-refractivity contribution in [2.45, 2.75) is 32.1 Å². The van der Waals surface area contributed by atoms with Crippen LogP contribution < -0.4 is 0 Å². The number of halogens is 1. The lowest BCUT2D eigenvalue weighted by atomic mass is 9.94. The summed E-state index contributed by atoms with van der Waals surface area (Å²) in [6.45, 7) is 2.28. The number of carbonyl (C=O) groups excluding carboxylic acids is 1. The number of hydrogen-bond acceptors (Lipinski definition) is 3. The number of aliphatic carboxylic acids is 1. The third-order valence-corrected chi connectivity index (χ3v) is 4.10. The SMILES string of the molecule is O=C(O)CC(CN1CCCCCC1)C(=O)c1ccc(F)cc1. The summed E-state index contributed by atoms with van der Waals surface area (Å²) in [5, 5.41) is 9.08. The van der Waals surface area contributed by atoms with Gasteiger partial charge in [0.1, 0.15) is 5.82 Å². The van der Waals surface area contributed by atoms with Crippen LogP contribution in [0.5, 0.6) is 0 Å². The highest BCUT2D eigenvalue weighted by molar-refractivity contribution is 5.99. The lowest BCUT2D eigenvalue weighted by molar-refractivity contribution is -0.137. The van der Waals surface area contributed by atoms with Crippen molar-refractivity contribution in [1.29, 1.82) is 0 Å². The Labute approximate surface area is 129 Å². The quantitative estimate of drug-likeness (QED) is 0.821. The zero-order valence-electron chi connectivity index (χ0n) is 12.6. The largest absolute Gasteiger partial charge is 0.481 e. The average molecular weight is 307 g/mol. The van der Waals surface area contributed by atoms with Crippen LogP contribution in [0.2, 0.25) is 0 Å². The zero-order valence-corrected chi connectivity index (χ0v) is 12.6. The number of likely N-dealkylation sites (tertiary alicyclic amines) is 1. The number of carboxylic acid groups (broad SMARTS) is 1. The van der Waals surface area contributed by atoms with Crippen LogP contribution in [-0.2, 0) is 4.79 Å². The van der Waals surface area contributed by atoms with E-state index >= 15 is 0 Å². The Hall–Kier alpha value is -1.75. The summed E-state index contributed by atoms with van der Waals surface area (Å²) < 4.78 is 13.0. The molecule has 0 radical (unpaired) electrons. The second-order valence-corrected chi connectivity index (χ2v) is 5.88. The van der Waals surface area contributed by atoms with E-state index in [1.54, 1.807) is 0 Å². The van der Waals surface area contributed by atoms with Gasteiger partial charge in [0.05, 0.1) is 6.42 Å². The molecule has 1 aromatic rings. The standard InChI is InChI=1S/C17H22FNO3/c18-15-7-5-13(6-8-15)17(22)14(11-16(20)21)12-19-9-3-1-2-4-10-19/h5-8,14H,1-4,9-12H2,(H,20,21). The smallest absolute Gasteiger partial charge is 0.304 e. The molecule has 0 bridgehead atoms. The van der Waals surface area contributed by atoms with Crippen molar-refractivity contribution >= 4 is 11.8 Å². The third kappa shape index (κ3) is 4.91. The van der Waals surface area contributed by atoms with Crippen molar-refractivity contribution in [3.63, 3.8) is 0 Å². The average Bonchev–Trinajstić information content (AvgIpc) is 2.75. The molecule has 4 nitrogen and oxygen atoms in total. The maximum Gasteiger partial charge on any atom is 0.304 e. The number of rotatable bonds is 6. The van der Waals surface area contributed by atoms with Crippen LogP contribution in [0.4, 0.5) is 4.39 Å². The van der Waals surface area contributed by atoms with E-state index in [9.17, 15) is 14.0 Å². The fraction of sp³-hybridized carbons (Fsp3) is 0.529. The van der Waals surface area contributed by atoms with Gasteiger partial charge >= 0.3 is 5.97 Å². The van der Waals surface area contributed by atoms with E-state index in [0.29, 0.717) is 12.1 Å². The van der Waals surface area contributed by atoms with E-state index in [-0.39, 0.29) is 12.2 Å². The number of benzene rings is 1. The molecule has 1 heterocycles. The number of hydrogen-bond donors (Lipinski definition) is 1. The first kappa shape index (κ1) is 16.6. The van der Waals surface area contributed by atoms with Gasteiger partial charge in [-0.25, -0.2) is 4.39 Å². The number of ketones is 1. The van der Waals surface area contributed by atoms with Crippen LogP contribution >= 0.6 is 0 Å². The van der Waals surface area contributed by atoms with Crippen molar-refractivity contribution in [2.75, 3.05) is 19.6 Å². The molecule has 1 aromatic carbocycles. The Morgan fingerprint density at radius 3 is 2.23 bits per heavy atom. The third-order valence-electron chi connectivity index (χ3n) is 4.10. The Bertz CT molecular complexity index is 507. The molecule has 1 N–H and O–H groups in total. The molecule has 22 heavy (non-hydrogen) atoms. The van der Waals surface area contributed by atoms with Gasteiger partial charge in [-0.2, -0.15) is 0 Å². The van der Waals surface area contributed by atoms with E-state index in [2.05, 4.69) is 4.90 Å². The molecule has 0 aromatic heterocycles. The molecule has 0 aliphatic carbocycles. The van der Waals surface area contributed by atoms with Gasteiger partial charge < -0.3 is 10.0 Å². The molecule has 1 aliphatic heterocycles. The molecule has 0 saturated carbocycles. The Balaban J connectivity index is 2.08. The highest BCUT2D eigenvalue weighted by Gasteiger charge is 2.25. The van der Waals surface area contributed by atoms with Crippen LogP contribution in [0.1, 0.15) is 42.5 Å². The first-order chi connectivity index (χ1) is 10.6. The second-order valence-electron chi connectivity index (χ2n) is 5.88. The number of Topliss-reactive ketones (excluding diaryl/α,β-unsaturated/α-hetero) is 1. The monoisotopic (exact) mass is 307 g/mol. The number of nitrogens with zero attached hydrogens (tertiary/aromatic N) is 1. The maximum absolute atomic E-state index is 13.0. The first-order valence-electron chi connectivity index (χ1n) is 7.80. The fourth-order valence-electron chi connectivity index (χ4n) is 2.93. The van der Waals surface area contributed by atoms with Gasteiger partial charge in [-0.15, -0.1) is 0 Å². The Morgan fingerprint density at radius 2 is 1.68 bits per heavy atom. The van der Waals surface area contributed by atoms with E-state index in [1.165, 1.54) is 37.1 Å². The summed E-state index contributed by atoms with van der Waals surface area (Å²) in [7, 11) is 0. The molecule has 1 fully saturated rings. The first-order valence-corrected chi connectivity index (χ1v) is 7.80. The molecule has 1 unspecified atom stereocenters. The summed E-state index contributed by atoms with van der Waals surface area (Å²) in [6.07, 6.45) is 4.36. The molecule has 1 aliphatic rings. The van der Waals surface area contributed by atoms with E-state index in [4.69, 9.17) is 5.11 Å². The van der Waals surface area contributed by atoms with Crippen LogP contribution in [0.15, 0.2) is 24.3 Å². The summed E-state index contributed by atoms with van der Waals surface area (Å²) in [5.41, 5.74) is 0.377. The minimum atomic E-state index is -0.977. The molecule has 5 heteroatoms. The van der Waals surface area contributed by atoms with Crippen molar-refractivity contribution in [3.8, 4) is 0 Å². The predicted octanol–water partition coefficient (Wildman–Crippen LogP) is 2.98. The van der Waals surface area contributed by atoms with Crippen molar-refractivity contribution in [3.05, 3.63) is 35.6 Å². The fourth-order valence-corrected chi connectivity index (χ4v) is 2.93. The normalized spacial score (nSPS) is 17.7. The van der Waals surface area contributed by atoms with E-state index in [0.717, 1.165) is 25.9 Å². The number of carboxylic acids is 1.